The SMILES string of the molecule is C[C@H](NC(=O)Nc1noc2c1CCCC2)c1ccccc1[N+](=O)[O-]. The quantitative estimate of drug-likeness (QED) is 0.660. The second kappa shape index (κ2) is 6.69. The third-order valence-electron chi connectivity index (χ3n) is 4.13. The van der Waals surface area contributed by atoms with E-state index in [0.717, 1.165) is 37.0 Å². The number of rotatable bonds is 4. The number of para-hydroxylation sites is 1. The van der Waals surface area contributed by atoms with Crippen LogP contribution in [-0.2, 0) is 12.8 Å². The van der Waals surface area contributed by atoms with Crippen molar-refractivity contribution in [3.05, 3.63) is 51.3 Å². The monoisotopic (exact) mass is 330 g/mol. The summed E-state index contributed by atoms with van der Waals surface area (Å²) in [6.45, 7) is 1.69. The van der Waals surface area contributed by atoms with Crippen LogP contribution < -0.4 is 10.6 Å². The third-order valence-corrected chi connectivity index (χ3v) is 4.13. The van der Waals surface area contributed by atoms with Gasteiger partial charge in [-0.05, 0) is 26.2 Å². The van der Waals surface area contributed by atoms with Crippen molar-refractivity contribution in [1.82, 2.24) is 10.5 Å². The van der Waals surface area contributed by atoms with E-state index in [4.69, 9.17) is 4.52 Å². The maximum absolute atomic E-state index is 12.2. The van der Waals surface area contributed by atoms with Crippen LogP contribution in [0.15, 0.2) is 28.8 Å². The number of aromatic nitrogens is 1. The van der Waals surface area contributed by atoms with Gasteiger partial charge in [-0.15, -0.1) is 0 Å². The number of benzene rings is 1. The minimum absolute atomic E-state index is 0.0240. The first-order valence-corrected chi connectivity index (χ1v) is 7.84. The highest BCUT2D eigenvalue weighted by atomic mass is 16.6. The van der Waals surface area contributed by atoms with Crippen LogP contribution in [0.5, 0.6) is 0 Å². The lowest BCUT2D eigenvalue weighted by Gasteiger charge is -2.15. The van der Waals surface area contributed by atoms with E-state index in [1.807, 2.05) is 0 Å². The van der Waals surface area contributed by atoms with Gasteiger partial charge in [0.1, 0.15) is 5.76 Å². The number of amides is 2. The van der Waals surface area contributed by atoms with Gasteiger partial charge >= 0.3 is 6.03 Å². The lowest BCUT2D eigenvalue weighted by molar-refractivity contribution is -0.385. The largest absolute Gasteiger partial charge is 0.359 e. The molecule has 1 aromatic carbocycles. The van der Waals surface area contributed by atoms with Crippen molar-refractivity contribution in [1.29, 1.82) is 0 Å². The van der Waals surface area contributed by atoms with E-state index in [1.165, 1.54) is 6.07 Å². The molecule has 0 spiro atoms. The van der Waals surface area contributed by atoms with Gasteiger partial charge in [0.2, 0.25) is 0 Å². The fourth-order valence-corrected chi connectivity index (χ4v) is 2.92. The number of anilines is 1. The molecular weight excluding hydrogens is 312 g/mol. The van der Waals surface area contributed by atoms with Crippen molar-refractivity contribution in [2.24, 2.45) is 0 Å². The highest BCUT2D eigenvalue weighted by Gasteiger charge is 2.23. The first kappa shape index (κ1) is 16.0. The normalized spacial score (nSPS) is 14.5. The summed E-state index contributed by atoms with van der Waals surface area (Å²) in [5.41, 5.74) is 1.36. The number of hydrogen-bond acceptors (Lipinski definition) is 5. The molecule has 1 aliphatic carbocycles. The van der Waals surface area contributed by atoms with Crippen molar-refractivity contribution in [3.8, 4) is 0 Å². The van der Waals surface area contributed by atoms with Gasteiger partial charge < -0.3 is 9.84 Å². The number of hydrogen-bond donors (Lipinski definition) is 2. The molecule has 0 bridgehead atoms. The Kier molecular flexibility index (Phi) is 4.45. The molecule has 1 aromatic heterocycles. The first-order valence-electron chi connectivity index (χ1n) is 7.84. The van der Waals surface area contributed by atoms with Gasteiger partial charge in [-0.25, -0.2) is 4.79 Å². The molecule has 0 fully saturated rings. The number of carbonyl (C=O) groups is 1. The summed E-state index contributed by atoms with van der Waals surface area (Å²) < 4.78 is 5.25. The average molecular weight is 330 g/mol. The number of fused-ring (bicyclic) bond motifs is 1. The van der Waals surface area contributed by atoms with E-state index in [0.29, 0.717) is 11.4 Å². The van der Waals surface area contributed by atoms with Gasteiger partial charge in [0.25, 0.3) is 5.69 Å². The second-order valence-corrected chi connectivity index (χ2v) is 5.78. The summed E-state index contributed by atoms with van der Waals surface area (Å²) in [7, 11) is 0. The van der Waals surface area contributed by atoms with E-state index in [-0.39, 0.29) is 5.69 Å². The van der Waals surface area contributed by atoms with Crippen molar-refractivity contribution >= 4 is 17.5 Å². The summed E-state index contributed by atoms with van der Waals surface area (Å²) in [5.74, 6) is 1.25. The highest BCUT2D eigenvalue weighted by Crippen LogP contribution is 2.28. The molecule has 8 nitrogen and oxygen atoms in total. The predicted molar refractivity (Wildman–Crippen MR) is 86.8 cm³/mol. The molecule has 0 saturated carbocycles. The van der Waals surface area contributed by atoms with Crippen LogP contribution in [0.4, 0.5) is 16.3 Å². The third kappa shape index (κ3) is 3.22. The van der Waals surface area contributed by atoms with Crippen molar-refractivity contribution in [2.75, 3.05) is 5.32 Å². The second-order valence-electron chi connectivity index (χ2n) is 5.78. The molecular formula is C16H18N4O4. The Hall–Kier alpha value is -2.90. The van der Waals surface area contributed by atoms with Crippen LogP contribution in [-0.4, -0.2) is 16.1 Å². The summed E-state index contributed by atoms with van der Waals surface area (Å²) in [6.07, 6.45) is 3.76. The molecule has 2 amide bonds. The van der Waals surface area contributed by atoms with E-state index in [1.54, 1.807) is 25.1 Å². The van der Waals surface area contributed by atoms with Crippen molar-refractivity contribution in [2.45, 2.75) is 38.6 Å². The molecule has 0 radical (unpaired) electrons. The Morgan fingerprint density at radius 2 is 2.08 bits per heavy atom. The molecule has 24 heavy (non-hydrogen) atoms. The zero-order valence-electron chi connectivity index (χ0n) is 13.2. The number of aryl methyl sites for hydroxylation is 1. The van der Waals surface area contributed by atoms with Gasteiger partial charge in [-0.1, -0.05) is 23.4 Å². The van der Waals surface area contributed by atoms with Crippen molar-refractivity contribution < 1.29 is 14.2 Å². The number of nitrogens with zero attached hydrogens (tertiary/aromatic N) is 2. The Bertz CT molecular complexity index is 771. The molecule has 8 heteroatoms. The zero-order valence-corrected chi connectivity index (χ0v) is 13.2. The molecule has 3 rings (SSSR count). The topological polar surface area (TPSA) is 110 Å². The molecule has 126 valence electrons. The molecule has 0 aliphatic heterocycles. The molecule has 0 unspecified atom stereocenters. The van der Waals surface area contributed by atoms with Crippen LogP contribution in [0, 0.1) is 10.1 Å². The average Bonchev–Trinajstić information content (AvgIpc) is 2.98. The number of urea groups is 1. The Morgan fingerprint density at radius 3 is 2.88 bits per heavy atom. The van der Waals surface area contributed by atoms with E-state index < -0.39 is 17.0 Å². The number of nitro benzene ring substituents is 1. The van der Waals surface area contributed by atoms with Gasteiger partial charge in [-0.3, -0.25) is 15.4 Å². The molecule has 0 saturated heterocycles. The Labute approximate surface area is 138 Å². The number of carbonyl (C=O) groups excluding carboxylic acids is 1. The number of nitrogens with one attached hydrogen (secondary N) is 2. The van der Waals surface area contributed by atoms with Crippen LogP contribution in [0.3, 0.4) is 0 Å². The molecule has 2 aromatic rings. The van der Waals surface area contributed by atoms with E-state index in [9.17, 15) is 14.9 Å². The minimum atomic E-state index is -0.519. The fourth-order valence-electron chi connectivity index (χ4n) is 2.92. The fraction of sp³-hybridized carbons (Fsp3) is 0.375. The minimum Gasteiger partial charge on any atom is -0.359 e. The van der Waals surface area contributed by atoms with Gasteiger partial charge in [-0.2, -0.15) is 0 Å². The van der Waals surface area contributed by atoms with Gasteiger partial charge in [0.05, 0.1) is 16.5 Å². The maximum Gasteiger partial charge on any atom is 0.320 e. The van der Waals surface area contributed by atoms with Crippen LogP contribution >= 0.6 is 0 Å². The molecule has 2 N–H and O–H groups in total. The summed E-state index contributed by atoms with van der Waals surface area (Å²) in [6, 6.07) is 5.35. The van der Waals surface area contributed by atoms with Crippen LogP contribution in [0.2, 0.25) is 0 Å². The molecule has 1 heterocycles. The predicted octanol–water partition coefficient (Wildman–Crippen LogP) is 3.34. The summed E-state index contributed by atoms with van der Waals surface area (Å²) in [5, 5.41) is 20.4. The summed E-state index contributed by atoms with van der Waals surface area (Å²) >= 11 is 0. The Morgan fingerprint density at radius 1 is 1.33 bits per heavy atom. The lowest BCUT2D eigenvalue weighted by Crippen LogP contribution is -2.32. The van der Waals surface area contributed by atoms with Gasteiger partial charge in [0, 0.05) is 18.1 Å². The first-order chi connectivity index (χ1) is 11.6. The zero-order chi connectivity index (χ0) is 17.1. The van der Waals surface area contributed by atoms with Crippen molar-refractivity contribution in [3.63, 3.8) is 0 Å². The van der Waals surface area contributed by atoms with Crippen LogP contribution in [0.25, 0.3) is 0 Å². The summed E-state index contributed by atoms with van der Waals surface area (Å²) in [4.78, 5) is 22.8. The Balaban J connectivity index is 1.69. The highest BCUT2D eigenvalue weighted by molar-refractivity contribution is 5.89. The number of nitro groups is 1. The van der Waals surface area contributed by atoms with E-state index in [2.05, 4.69) is 15.8 Å². The standard InChI is InChI=1S/C16H18N4O4/c1-10(11-6-2-4-8-13(11)20(22)23)17-16(21)18-15-12-7-3-5-9-14(12)24-19-15/h2,4,6,8,10H,3,5,7,9H2,1H3,(H2,17,18,19,21)/t10-/m0/s1. The van der Waals surface area contributed by atoms with Gasteiger partial charge in [0.15, 0.2) is 5.82 Å². The van der Waals surface area contributed by atoms with Crippen LogP contribution in [0.1, 0.15) is 42.7 Å². The lowest BCUT2D eigenvalue weighted by atomic mass is 9.98. The molecule has 1 atom stereocenters. The molecule has 1 aliphatic rings. The van der Waals surface area contributed by atoms with E-state index >= 15 is 0 Å². The smallest absolute Gasteiger partial charge is 0.320 e. The maximum atomic E-state index is 12.2.